The Bertz CT molecular complexity index is 529. The maximum atomic E-state index is 11.8. The van der Waals surface area contributed by atoms with E-state index in [9.17, 15) is 9.59 Å². The summed E-state index contributed by atoms with van der Waals surface area (Å²) >= 11 is 0. The third kappa shape index (κ3) is 3.16. The van der Waals surface area contributed by atoms with Crippen molar-refractivity contribution in [2.24, 2.45) is 11.8 Å². The van der Waals surface area contributed by atoms with Crippen LogP contribution in [-0.2, 0) is 31.9 Å². The maximum absolute atomic E-state index is 11.8. The topological polar surface area (TPSA) is 52.6 Å². The molecule has 1 aromatic carbocycles. The number of benzene rings is 1. The van der Waals surface area contributed by atoms with Crippen molar-refractivity contribution in [1.82, 2.24) is 0 Å². The molecule has 4 heteroatoms. The van der Waals surface area contributed by atoms with Crippen LogP contribution in [-0.4, -0.2) is 24.1 Å². The van der Waals surface area contributed by atoms with Crippen molar-refractivity contribution in [2.45, 2.75) is 51.7 Å². The Morgan fingerprint density at radius 3 is 1.59 bits per heavy atom. The molecular formula is C18H22O4. The average Bonchev–Trinajstić information content (AvgIpc) is 2.94. The predicted octanol–water partition coefficient (Wildman–Crippen LogP) is 2.67. The van der Waals surface area contributed by atoms with E-state index >= 15 is 0 Å². The molecule has 2 aliphatic heterocycles. The third-order valence-corrected chi connectivity index (χ3v) is 4.59. The van der Waals surface area contributed by atoms with Crippen molar-refractivity contribution in [3.8, 4) is 0 Å². The number of ether oxygens (including phenoxy) is 2. The number of esters is 2. The van der Waals surface area contributed by atoms with Crippen LogP contribution in [0.5, 0.6) is 0 Å². The van der Waals surface area contributed by atoms with Gasteiger partial charge in [0.25, 0.3) is 0 Å². The molecule has 2 aliphatic rings. The Morgan fingerprint density at radius 2 is 1.27 bits per heavy atom. The van der Waals surface area contributed by atoms with Crippen molar-refractivity contribution < 1.29 is 19.1 Å². The first-order valence-corrected chi connectivity index (χ1v) is 8.00. The molecule has 4 nitrogen and oxygen atoms in total. The zero-order chi connectivity index (χ0) is 15.7. The summed E-state index contributed by atoms with van der Waals surface area (Å²) in [5.41, 5.74) is 2.29. The second-order valence-corrected chi connectivity index (χ2v) is 6.54. The molecule has 2 fully saturated rings. The van der Waals surface area contributed by atoms with Crippen molar-refractivity contribution >= 4 is 11.9 Å². The monoisotopic (exact) mass is 302 g/mol. The first-order chi connectivity index (χ1) is 10.5. The first kappa shape index (κ1) is 15.1. The SMILES string of the molecule is C[C@H]1C[C@@H](Cc2ccccc2C[C@@H]2C[C@H](C)OC2=O)C(=O)O1. The van der Waals surface area contributed by atoms with Gasteiger partial charge in [-0.15, -0.1) is 0 Å². The fourth-order valence-corrected chi connectivity index (χ4v) is 3.50. The average molecular weight is 302 g/mol. The van der Waals surface area contributed by atoms with E-state index in [1.807, 2.05) is 26.0 Å². The van der Waals surface area contributed by atoms with Crippen LogP contribution in [0, 0.1) is 11.8 Å². The van der Waals surface area contributed by atoms with Crippen LogP contribution < -0.4 is 0 Å². The fraction of sp³-hybridized carbons (Fsp3) is 0.556. The zero-order valence-electron chi connectivity index (χ0n) is 13.1. The highest BCUT2D eigenvalue weighted by Gasteiger charge is 2.34. The Kier molecular flexibility index (Phi) is 4.19. The number of cyclic esters (lactones) is 2. The summed E-state index contributed by atoms with van der Waals surface area (Å²) < 4.78 is 10.5. The van der Waals surface area contributed by atoms with Crippen LogP contribution in [0.3, 0.4) is 0 Å². The number of rotatable bonds is 4. The highest BCUT2D eigenvalue weighted by Crippen LogP contribution is 2.29. The summed E-state index contributed by atoms with van der Waals surface area (Å²) in [6, 6.07) is 8.07. The normalized spacial score (nSPS) is 31.2. The van der Waals surface area contributed by atoms with Crippen molar-refractivity contribution in [2.75, 3.05) is 0 Å². The Balaban J connectivity index is 1.73. The van der Waals surface area contributed by atoms with Crippen LogP contribution in [0.2, 0.25) is 0 Å². The number of carbonyl (C=O) groups excluding carboxylic acids is 2. The molecule has 0 aliphatic carbocycles. The molecule has 4 atom stereocenters. The molecule has 0 saturated carbocycles. The third-order valence-electron chi connectivity index (χ3n) is 4.59. The van der Waals surface area contributed by atoms with Crippen LogP contribution >= 0.6 is 0 Å². The molecule has 118 valence electrons. The minimum absolute atomic E-state index is 0.00956. The fourth-order valence-electron chi connectivity index (χ4n) is 3.50. The largest absolute Gasteiger partial charge is 0.462 e. The quantitative estimate of drug-likeness (QED) is 0.802. The van der Waals surface area contributed by atoms with E-state index in [2.05, 4.69) is 12.1 Å². The highest BCUT2D eigenvalue weighted by molar-refractivity contribution is 5.76. The lowest BCUT2D eigenvalue weighted by molar-refractivity contribution is -0.144. The van der Waals surface area contributed by atoms with E-state index in [-0.39, 0.29) is 36.0 Å². The molecule has 0 N–H and O–H groups in total. The molecule has 2 heterocycles. The molecule has 0 radical (unpaired) electrons. The summed E-state index contributed by atoms with van der Waals surface area (Å²) in [6.07, 6.45) is 2.95. The second-order valence-electron chi connectivity index (χ2n) is 6.54. The van der Waals surface area contributed by atoms with E-state index < -0.39 is 0 Å². The maximum Gasteiger partial charge on any atom is 0.309 e. The molecular weight excluding hydrogens is 280 g/mol. The summed E-state index contributed by atoms with van der Waals surface area (Å²) in [5.74, 6) is -0.330. The summed E-state index contributed by atoms with van der Waals surface area (Å²) in [4.78, 5) is 23.7. The van der Waals surface area contributed by atoms with Gasteiger partial charge in [0.05, 0.1) is 24.0 Å². The van der Waals surface area contributed by atoms with Gasteiger partial charge in [-0.25, -0.2) is 0 Å². The van der Waals surface area contributed by atoms with Gasteiger partial charge in [0, 0.05) is 0 Å². The Hall–Kier alpha value is -1.84. The minimum atomic E-state index is -0.101. The number of carbonyl (C=O) groups is 2. The van der Waals surface area contributed by atoms with Crippen LogP contribution in [0.15, 0.2) is 24.3 Å². The summed E-state index contributed by atoms with van der Waals surface area (Å²) in [6.45, 7) is 3.86. The lowest BCUT2D eigenvalue weighted by Crippen LogP contribution is -2.15. The molecule has 3 rings (SSSR count). The van der Waals surface area contributed by atoms with E-state index in [0.717, 1.165) is 24.0 Å². The van der Waals surface area contributed by atoms with Gasteiger partial charge >= 0.3 is 11.9 Å². The van der Waals surface area contributed by atoms with Gasteiger partial charge in [-0.3, -0.25) is 9.59 Å². The molecule has 0 amide bonds. The van der Waals surface area contributed by atoms with Crippen molar-refractivity contribution in [3.63, 3.8) is 0 Å². The molecule has 1 aromatic rings. The van der Waals surface area contributed by atoms with Gasteiger partial charge in [-0.1, -0.05) is 24.3 Å². The van der Waals surface area contributed by atoms with Gasteiger partial charge < -0.3 is 9.47 Å². The van der Waals surface area contributed by atoms with Crippen molar-refractivity contribution in [3.05, 3.63) is 35.4 Å². The second kappa shape index (κ2) is 6.11. The van der Waals surface area contributed by atoms with Gasteiger partial charge in [0.1, 0.15) is 0 Å². The van der Waals surface area contributed by atoms with E-state index in [1.54, 1.807) is 0 Å². The zero-order valence-corrected chi connectivity index (χ0v) is 13.1. The van der Waals surface area contributed by atoms with Crippen LogP contribution in [0.25, 0.3) is 0 Å². The van der Waals surface area contributed by atoms with Gasteiger partial charge in [0.15, 0.2) is 0 Å². The number of hydrogen-bond donors (Lipinski definition) is 0. The van der Waals surface area contributed by atoms with Gasteiger partial charge in [-0.05, 0) is 50.7 Å². The summed E-state index contributed by atoms with van der Waals surface area (Å²) in [5, 5.41) is 0. The van der Waals surface area contributed by atoms with Gasteiger partial charge in [-0.2, -0.15) is 0 Å². The van der Waals surface area contributed by atoms with Crippen molar-refractivity contribution in [1.29, 1.82) is 0 Å². The summed E-state index contributed by atoms with van der Waals surface area (Å²) in [7, 11) is 0. The van der Waals surface area contributed by atoms with E-state index in [4.69, 9.17) is 9.47 Å². The molecule has 0 spiro atoms. The van der Waals surface area contributed by atoms with E-state index in [0.29, 0.717) is 12.8 Å². The molecule has 22 heavy (non-hydrogen) atoms. The molecule has 0 aromatic heterocycles. The lowest BCUT2D eigenvalue weighted by Gasteiger charge is -2.13. The standard InChI is InChI=1S/C18H22O4/c1-11-7-15(17(19)21-11)9-13-5-3-4-6-14(13)10-16-8-12(2)22-18(16)20/h3-6,11-12,15-16H,7-10H2,1-2H3/t11-,12-,15-,16-/m0/s1. The predicted molar refractivity (Wildman–Crippen MR) is 81.2 cm³/mol. The molecule has 0 bridgehead atoms. The molecule has 0 unspecified atom stereocenters. The molecule has 2 saturated heterocycles. The van der Waals surface area contributed by atoms with E-state index in [1.165, 1.54) is 0 Å². The smallest absolute Gasteiger partial charge is 0.309 e. The lowest BCUT2D eigenvalue weighted by atomic mass is 9.88. The van der Waals surface area contributed by atoms with Crippen LogP contribution in [0.1, 0.15) is 37.8 Å². The van der Waals surface area contributed by atoms with Gasteiger partial charge in [0.2, 0.25) is 0 Å². The first-order valence-electron chi connectivity index (χ1n) is 8.00. The Morgan fingerprint density at radius 1 is 0.864 bits per heavy atom. The number of hydrogen-bond acceptors (Lipinski definition) is 4. The highest BCUT2D eigenvalue weighted by atomic mass is 16.6. The minimum Gasteiger partial charge on any atom is -0.462 e. The Labute approximate surface area is 130 Å². The van der Waals surface area contributed by atoms with Crippen LogP contribution in [0.4, 0.5) is 0 Å².